The van der Waals surface area contributed by atoms with E-state index >= 15 is 0 Å². The summed E-state index contributed by atoms with van der Waals surface area (Å²) < 4.78 is 56.5. The fraction of sp³-hybridized carbons (Fsp3) is 0.667. The summed E-state index contributed by atoms with van der Waals surface area (Å²) in [5, 5.41) is 0. The summed E-state index contributed by atoms with van der Waals surface area (Å²) in [6, 6.07) is 4.48. The first-order valence-corrected chi connectivity index (χ1v) is 15.4. The number of aryl methyl sites for hydroxylation is 2. The van der Waals surface area contributed by atoms with Crippen LogP contribution in [0.2, 0.25) is 0 Å². The van der Waals surface area contributed by atoms with E-state index in [-0.39, 0.29) is 35.5 Å². The first kappa shape index (κ1) is 27.6. The monoisotopic (exact) mass is 528 g/mol. The van der Waals surface area contributed by atoms with E-state index in [0.717, 1.165) is 11.1 Å². The van der Waals surface area contributed by atoms with E-state index in [0.29, 0.717) is 25.7 Å². The number of benzene rings is 1. The number of rotatable bonds is 8. The zero-order valence-electron chi connectivity index (χ0n) is 20.9. The average Bonchev–Trinajstić information content (AvgIpc) is 3.18. The molecule has 11 heteroatoms. The third-order valence-corrected chi connectivity index (χ3v) is 10.8. The third-order valence-electron chi connectivity index (χ3n) is 7.20. The van der Waals surface area contributed by atoms with Gasteiger partial charge in [-0.2, -0.15) is 4.31 Å². The molecule has 9 nitrogen and oxygen atoms in total. The lowest BCUT2D eigenvalue weighted by atomic mass is 9.98. The highest BCUT2D eigenvalue weighted by atomic mass is 32.2. The van der Waals surface area contributed by atoms with Gasteiger partial charge in [0.2, 0.25) is 10.0 Å². The second-order valence-corrected chi connectivity index (χ2v) is 13.8. The highest BCUT2D eigenvalue weighted by Crippen LogP contribution is 2.26. The molecule has 0 saturated carbocycles. The van der Waals surface area contributed by atoms with Crippen molar-refractivity contribution in [2.75, 3.05) is 31.2 Å². The molecule has 0 aromatic heterocycles. The van der Waals surface area contributed by atoms with Crippen molar-refractivity contribution in [3.05, 3.63) is 29.3 Å². The maximum atomic E-state index is 13.0. The molecule has 196 valence electrons. The van der Waals surface area contributed by atoms with E-state index in [1.807, 2.05) is 27.7 Å². The van der Waals surface area contributed by atoms with Crippen molar-refractivity contribution in [1.29, 1.82) is 0 Å². The Balaban J connectivity index is 1.55. The van der Waals surface area contributed by atoms with Gasteiger partial charge in [-0.05, 0) is 69.7 Å². The molecule has 2 heterocycles. The Bertz CT molecular complexity index is 1160. The number of sulfone groups is 1. The van der Waals surface area contributed by atoms with Crippen LogP contribution in [0, 0.1) is 19.8 Å². The van der Waals surface area contributed by atoms with Crippen molar-refractivity contribution in [2.45, 2.75) is 70.4 Å². The topological polar surface area (TPSA) is 118 Å². The quantitative estimate of drug-likeness (QED) is 0.474. The van der Waals surface area contributed by atoms with Crippen LogP contribution in [-0.4, -0.2) is 81.2 Å². The molecule has 3 rings (SSSR count). The van der Waals surface area contributed by atoms with Crippen molar-refractivity contribution in [1.82, 2.24) is 9.21 Å². The van der Waals surface area contributed by atoms with Crippen LogP contribution in [0.4, 0.5) is 0 Å². The molecule has 2 aliphatic heterocycles. The predicted molar refractivity (Wildman–Crippen MR) is 132 cm³/mol. The minimum atomic E-state index is -3.65. The van der Waals surface area contributed by atoms with Crippen molar-refractivity contribution in [3.63, 3.8) is 0 Å². The first-order valence-electron chi connectivity index (χ1n) is 12.1. The highest BCUT2D eigenvalue weighted by molar-refractivity contribution is 7.91. The third kappa shape index (κ3) is 6.42. The molecule has 2 atom stereocenters. The van der Waals surface area contributed by atoms with Crippen LogP contribution < -0.4 is 0 Å². The molecule has 0 spiro atoms. The maximum absolute atomic E-state index is 13.0. The van der Waals surface area contributed by atoms with Gasteiger partial charge in [0.1, 0.15) is 0 Å². The molecule has 0 aliphatic carbocycles. The van der Waals surface area contributed by atoms with Crippen LogP contribution >= 0.6 is 0 Å². The number of carbonyl (C=O) groups excluding carboxylic acids is 2. The fourth-order valence-electron chi connectivity index (χ4n) is 4.68. The minimum absolute atomic E-state index is 0.0569. The Morgan fingerprint density at radius 3 is 2.34 bits per heavy atom. The van der Waals surface area contributed by atoms with Gasteiger partial charge in [0, 0.05) is 25.2 Å². The molecular formula is C24H36N2O7S2. The molecule has 2 fully saturated rings. The molecule has 1 aromatic carbocycles. The minimum Gasteiger partial charge on any atom is -0.455 e. The van der Waals surface area contributed by atoms with Gasteiger partial charge in [-0.15, -0.1) is 0 Å². The van der Waals surface area contributed by atoms with Crippen LogP contribution in [-0.2, 0) is 34.2 Å². The summed E-state index contributed by atoms with van der Waals surface area (Å²) in [6.07, 6.45) is 1.67. The molecular weight excluding hydrogens is 492 g/mol. The lowest BCUT2D eigenvalue weighted by Gasteiger charge is -2.34. The van der Waals surface area contributed by atoms with Gasteiger partial charge in [0.15, 0.2) is 16.4 Å². The van der Waals surface area contributed by atoms with Crippen molar-refractivity contribution < 1.29 is 31.2 Å². The average molecular weight is 529 g/mol. The Kier molecular flexibility index (Phi) is 8.64. The first-order chi connectivity index (χ1) is 16.4. The van der Waals surface area contributed by atoms with Crippen molar-refractivity contribution in [2.24, 2.45) is 5.92 Å². The van der Waals surface area contributed by atoms with Crippen LogP contribution in [0.3, 0.4) is 0 Å². The number of carbonyl (C=O) groups is 2. The predicted octanol–water partition coefficient (Wildman–Crippen LogP) is 2.06. The Morgan fingerprint density at radius 1 is 1.14 bits per heavy atom. The van der Waals surface area contributed by atoms with Gasteiger partial charge in [-0.1, -0.05) is 13.0 Å². The second-order valence-electron chi connectivity index (χ2n) is 9.65. The van der Waals surface area contributed by atoms with Gasteiger partial charge in [-0.3, -0.25) is 9.59 Å². The lowest BCUT2D eigenvalue weighted by Crippen LogP contribution is -2.48. The van der Waals surface area contributed by atoms with E-state index < -0.39 is 50.3 Å². The van der Waals surface area contributed by atoms with E-state index in [1.54, 1.807) is 23.1 Å². The maximum Gasteiger partial charge on any atom is 0.309 e. The summed E-state index contributed by atoms with van der Waals surface area (Å²) in [7, 11) is -6.81. The zero-order valence-corrected chi connectivity index (χ0v) is 22.5. The molecule has 35 heavy (non-hydrogen) atoms. The molecule has 0 bridgehead atoms. The molecule has 1 aromatic rings. The van der Waals surface area contributed by atoms with Crippen LogP contribution in [0.5, 0.6) is 0 Å². The molecule has 2 aliphatic rings. The lowest BCUT2D eigenvalue weighted by molar-refractivity contribution is -0.158. The number of esters is 1. The van der Waals surface area contributed by atoms with E-state index in [1.165, 1.54) is 4.31 Å². The summed E-state index contributed by atoms with van der Waals surface area (Å²) in [5.41, 5.74) is 1.91. The Labute approximate surface area is 208 Å². The smallest absolute Gasteiger partial charge is 0.309 e. The molecule has 0 unspecified atom stereocenters. The number of piperidine rings is 1. The van der Waals surface area contributed by atoms with Gasteiger partial charge in [-0.25, -0.2) is 16.8 Å². The van der Waals surface area contributed by atoms with E-state index in [9.17, 15) is 26.4 Å². The SMILES string of the molecule is CC[C@@H](C)N(C(=O)COC(=O)C1CCN(S(=O)(=O)c2ccc(C)c(C)c2)CC1)[C@@H]1CCS(=O)(=O)C1. The van der Waals surface area contributed by atoms with Gasteiger partial charge in [0.25, 0.3) is 5.91 Å². The number of ether oxygens (including phenoxy) is 1. The summed E-state index contributed by atoms with van der Waals surface area (Å²) in [4.78, 5) is 27.3. The normalized spacial score (nSPS) is 22.0. The number of hydrogen-bond donors (Lipinski definition) is 0. The molecule has 0 radical (unpaired) electrons. The Morgan fingerprint density at radius 2 is 1.80 bits per heavy atom. The van der Waals surface area contributed by atoms with Gasteiger partial charge >= 0.3 is 5.97 Å². The number of nitrogens with zero attached hydrogens (tertiary/aromatic N) is 2. The molecule has 0 N–H and O–H groups in total. The van der Waals surface area contributed by atoms with Crippen molar-refractivity contribution in [3.8, 4) is 0 Å². The van der Waals surface area contributed by atoms with Gasteiger partial charge in [0.05, 0.1) is 22.3 Å². The van der Waals surface area contributed by atoms with E-state index in [4.69, 9.17) is 4.74 Å². The number of hydrogen-bond acceptors (Lipinski definition) is 7. The highest BCUT2D eigenvalue weighted by Gasteiger charge is 2.38. The van der Waals surface area contributed by atoms with Crippen LogP contribution in [0.1, 0.15) is 50.7 Å². The van der Waals surface area contributed by atoms with Crippen molar-refractivity contribution >= 4 is 31.7 Å². The standard InChI is InChI=1S/C24H36N2O7S2/c1-5-19(4)26(21-10-13-34(29,30)16-21)23(27)15-33-24(28)20-8-11-25(12-9-20)35(31,32)22-7-6-17(2)18(3)14-22/h6-7,14,19-21H,5,8-13,15-16H2,1-4H3/t19-,21-/m1/s1. The number of sulfonamides is 1. The molecule has 1 amide bonds. The van der Waals surface area contributed by atoms with Crippen LogP contribution in [0.15, 0.2) is 23.1 Å². The van der Waals surface area contributed by atoms with Crippen LogP contribution in [0.25, 0.3) is 0 Å². The number of amides is 1. The fourth-order valence-corrected chi connectivity index (χ4v) is 7.95. The summed E-state index contributed by atoms with van der Waals surface area (Å²) >= 11 is 0. The van der Waals surface area contributed by atoms with Gasteiger partial charge < -0.3 is 9.64 Å². The summed E-state index contributed by atoms with van der Waals surface area (Å²) in [5.74, 6) is -1.42. The molecule has 2 saturated heterocycles. The largest absolute Gasteiger partial charge is 0.455 e. The zero-order chi connectivity index (χ0) is 26.0. The summed E-state index contributed by atoms with van der Waals surface area (Å²) in [6.45, 7) is 7.51. The second kappa shape index (κ2) is 11.0. The van der Waals surface area contributed by atoms with E-state index in [2.05, 4.69) is 0 Å². The Hall–Kier alpha value is -1.98.